The fraction of sp³-hybridized carbons (Fsp3) is 0.0556. The van der Waals surface area contributed by atoms with E-state index in [1.165, 1.54) is 24.3 Å². The summed E-state index contributed by atoms with van der Waals surface area (Å²) in [7, 11) is 0. The van der Waals surface area contributed by atoms with Crippen LogP contribution in [0, 0.1) is 0 Å². The number of carbonyl (C=O) groups is 1. The number of benzene rings is 2. The monoisotopic (exact) mass is 296 g/mol. The molecule has 2 N–H and O–H groups in total. The van der Waals surface area contributed by atoms with Gasteiger partial charge in [-0.05, 0) is 47.9 Å². The molecule has 0 saturated heterocycles. The minimum atomic E-state index is -0.349. The van der Waals surface area contributed by atoms with E-state index in [9.17, 15) is 15.0 Å². The van der Waals surface area contributed by atoms with Gasteiger partial charge in [0.1, 0.15) is 12.0 Å². The number of phenols is 2. The van der Waals surface area contributed by atoms with Crippen LogP contribution in [-0.4, -0.2) is 16.5 Å². The van der Waals surface area contributed by atoms with E-state index in [1.807, 2.05) is 18.2 Å². The minimum absolute atomic E-state index is 0.113. The standard InChI is InChI=1S/C18H16O4/c1-2-4-13-6-8-15(9-7-13)22-17-12-14(5-3-10-19)11-16(20)18(17)21/h2-3,5-12,20-21H,1,4H2/b5-3+. The Morgan fingerprint density at radius 1 is 1.14 bits per heavy atom. The lowest BCUT2D eigenvalue weighted by Gasteiger charge is -2.10. The van der Waals surface area contributed by atoms with Crippen LogP contribution in [0.1, 0.15) is 11.1 Å². The summed E-state index contributed by atoms with van der Waals surface area (Å²) in [6, 6.07) is 10.2. The highest BCUT2D eigenvalue weighted by atomic mass is 16.5. The Balaban J connectivity index is 2.27. The molecule has 4 heteroatoms. The van der Waals surface area contributed by atoms with Crippen LogP contribution in [-0.2, 0) is 11.2 Å². The van der Waals surface area contributed by atoms with Gasteiger partial charge in [-0.1, -0.05) is 24.3 Å². The maximum Gasteiger partial charge on any atom is 0.201 e. The van der Waals surface area contributed by atoms with Gasteiger partial charge in [0.2, 0.25) is 5.75 Å². The quantitative estimate of drug-likeness (QED) is 0.368. The van der Waals surface area contributed by atoms with Gasteiger partial charge in [0.25, 0.3) is 0 Å². The lowest BCUT2D eigenvalue weighted by molar-refractivity contribution is -0.104. The summed E-state index contributed by atoms with van der Waals surface area (Å²) >= 11 is 0. The van der Waals surface area contributed by atoms with Crippen molar-refractivity contribution in [1.29, 1.82) is 0 Å². The molecule has 0 aliphatic heterocycles. The molecule has 0 unspecified atom stereocenters. The zero-order valence-electron chi connectivity index (χ0n) is 11.9. The Bertz CT molecular complexity index is 700. The summed E-state index contributed by atoms with van der Waals surface area (Å²) in [6.45, 7) is 3.68. The van der Waals surface area contributed by atoms with E-state index in [1.54, 1.807) is 12.1 Å². The van der Waals surface area contributed by atoms with Gasteiger partial charge in [-0.3, -0.25) is 4.79 Å². The van der Waals surface area contributed by atoms with Crippen LogP contribution in [0.3, 0.4) is 0 Å². The largest absolute Gasteiger partial charge is 0.504 e. The number of aromatic hydroxyl groups is 2. The normalized spacial score (nSPS) is 10.5. The Hall–Kier alpha value is -3.01. The van der Waals surface area contributed by atoms with E-state index in [-0.39, 0.29) is 17.2 Å². The molecule has 0 radical (unpaired) electrons. The van der Waals surface area contributed by atoms with Crippen LogP contribution in [0.15, 0.2) is 55.1 Å². The fourth-order valence-electron chi connectivity index (χ4n) is 1.93. The van der Waals surface area contributed by atoms with Crippen molar-refractivity contribution in [1.82, 2.24) is 0 Å². The average molecular weight is 296 g/mol. The molecule has 4 nitrogen and oxygen atoms in total. The summed E-state index contributed by atoms with van der Waals surface area (Å²) in [5.41, 5.74) is 1.64. The summed E-state index contributed by atoms with van der Waals surface area (Å²) in [4.78, 5) is 10.4. The zero-order valence-corrected chi connectivity index (χ0v) is 11.9. The number of aldehydes is 1. The van der Waals surface area contributed by atoms with Crippen LogP contribution < -0.4 is 4.74 Å². The topological polar surface area (TPSA) is 66.8 Å². The lowest BCUT2D eigenvalue weighted by Crippen LogP contribution is -1.88. The first-order valence-electron chi connectivity index (χ1n) is 6.69. The first-order valence-corrected chi connectivity index (χ1v) is 6.69. The maximum atomic E-state index is 10.4. The number of carbonyl (C=O) groups excluding carboxylic acids is 1. The Kier molecular flexibility index (Phi) is 4.98. The molecule has 0 bridgehead atoms. The van der Waals surface area contributed by atoms with Crippen molar-refractivity contribution < 1.29 is 19.7 Å². The van der Waals surface area contributed by atoms with Crippen molar-refractivity contribution >= 4 is 12.4 Å². The third-order valence-corrected chi connectivity index (χ3v) is 2.98. The molecular formula is C18H16O4. The molecule has 2 aromatic rings. The molecule has 2 rings (SSSR count). The van der Waals surface area contributed by atoms with Gasteiger partial charge in [-0.25, -0.2) is 0 Å². The van der Waals surface area contributed by atoms with Gasteiger partial charge in [0, 0.05) is 0 Å². The number of hydrogen-bond acceptors (Lipinski definition) is 4. The van der Waals surface area contributed by atoms with Crippen LogP contribution >= 0.6 is 0 Å². The Morgan fingerprint density at radius 3 is 2.50 bits per heavy atom. The SMILES string of the molecule is C=CCc1ccc(Oc2cc(/C=C/C=O)cc(O)c2O)cc1. The van der Waals surface area contributed by atoms with Crippen molar-refractivity contribution in [3.63, 3.8) is 0 Å². The van der Waals surface area contributed by atoms with Gasteiger partial charge in [0.05, 0.1) is 0 Å². The molecule has 0 saturated carbocycles. The molecular weight excluding hydrogens is 280 g/mol. The third kappa shape index (κ3) is 3.76. The van der Waals surface area contributed by atoms with Gasteiger partial charge in [-0.15, -0.1) is 6.58 Å². The van der Waals surface area contributed by atoms with E-state index < -0.39 is 0 Å². The molecule has 2 aromatic carbocycles. The first-order chi connectivity index (χ1) is 10.6. The van der Waals surface area contributed by atoms with E-state index >= 15 is 0 Å². The number of rotatable bonds is 6. The van der Waals surface area contributed by atoms with Gasteiger partial charge >= 0.3 is 0 Å². The number of allylic oxidation sites excluding steroid dienone is 2. The lowest BCUT2D eigenvalue weighted by atomic mass is 10.1. The second-order valence-corrected chi connectivity index (χ2v) is 4.62. The summed E-state index contributed by atoms with van der Waals surface area (Å²) in [5, 5.41) is 19.6. The highest BCUT2D eigenvalue weighted by Gasteiger charge is 2.10. The summed E-state index contributed by atoms with van der Waals surface area (Å²) < 4.78 is 5.59. The van der Waals surface area contributed by atoms with Crippen molar-refractivity contribution in [2.24, 2.45) is 0 Å². The second kappa shape index (κ2) is 7.13. The molecule has 0 fully saturated rings. The van der Waals surface area contributed by atoms with Crippen LogP contribution in [0.25, 0.3) is 6.08 Å². The fourth-order valence-corrected chi connectivity index (χ4v) is 1.93. The van der Waals surface area contributed by atoms with Crippen LogP contribution in [0.4, 0.5) is 0 Å². The molecule has 0 atom stereocenters. The van der Waals surface area contributed by atoms with Gasteiger partial charge in [-0.2, -0.15) is 0 Å². The average Bonchev–Trinajstić information content (AvgIpc) is 2.52. The molecule has 0 aliphatic rings. The predicted molar refractivity (Wildman–Crippen MR) is 85.3 cm³/mol. The smallest absolute Gasteiger partial charge is 0.201 e. The maximum absolute atomic E-state index is 10.4. The third-order valence-electron chi connectivity index (χ3n) is 2.98. The van der Waals surface area contributed by atoms with E-state index in [0.29, 0.717) is 17.6 Å². The number of hydrogen-bond donors (Lipinski definition) is 2. The Morgan fingerprint density at radius 2 is 1.86 bits per heavy atom. The van der Waals surface area contributed by atoms with Gasteiger partial charge < -0.3 is 14.9 Å². The molecule has 22 heavy (non-hydrogen) atoms. The highest BCUT2D eigenvalue weighted by Crippen LogP contribution is 2.39. The molecule has 112 valence electrons. The summed E-state index contributed by atoms with van der Waals surface area (Å²) in [6.07, 6.45) is 6.00. The molecule has 0 heterocycles. The zero-order chi connectivity index (χ0) is 15.9. The van der Waals surface area contributed by atoms with Crippen LogP contribution in [0.5, 0.6) is 23.0 Å². The van der Waals surface area contributed by atoms with E-state index in [0.717, 1.165) is 12.0 Å². The van der Waals surface area contributed by atoms with Crippen molar-refractivity contribution in [3.05, 3.63) is 66.3 Å². The molecule has 0 spiro atoms. The predicted octanol–water partition coefficient (Wildman–Crippen LogP) is 3.83. The van der Waals surface area contributed by atoms with Crippen LogP contribution in [0.2, 0.25) is 0 Å². The van der Waals surface area contributed by atoms with Crippen molar-refractivity contribution in [2.45, 2.75) is 6.42 Å². The molecule has 0 aliphatic carbocycles. The molecule has 0 amide bonds. The number of phenolic OH excluding ortho intramolecular Hbond substituents is 2. The highest BCUT2D eigenvalue weighted by molar-refractivity contribution is 5.75. The Labute approximate surface area is 128 Å². The van der Waals surface area contributed by atoms with Crippen molar-refractivity contribution in [2.75, 3.05) is 0 Å². The van der Waals surface area contributed by atoms with Crippen molar-refractivity contribution in [3.8, 4) is 23.0 Å². The second-order valence-electron chi connectivity index (χ2n) is 4.62. The van der Waals surface area contributed by atoms with Gasteiger partial charge in [0.15, 0.2) is 11.5 Å². The minimum Gasteiger partial charge on any atom is -0.504 e. The van der Waals surface area contributed by atoms with E-state index in [2.05, 4.69) is 6.58 Å². The molecule has 0 aromatic heterocycles. The first kappa shape index (κ1) is 15.4. The summed E-state index contributed by atoms with van der Waals surface area (Å²) in [5.74, 6) is -0.0224. The number of ether oxygens (including phenoxy) is 1. The van der Waals surface area contributed by atoms with E-state index in [4.69, 9.17) is 4.74 Å².